The van der Waals surface area contributed by atoms with Gasteiger partial charge < -0.3 is 4.74 Å². The molecule has 0 amide bonds. The summed E-state index contributed by atoms with van der Waals surface area (Å²) in [5.41, 5.74) is 0.124. The maximum absolute atomic E-state index is 11.5. The highest BCUT2D eigenvalue weighted by Gasteiger charge is 2.52. The van der Waals surface area contributed by atoms with E-state index in [9.17, 15) is 4.79 Å². The third-order valence-corrected chi connectivity index (χ3v) is 5.38. The molecule has 2 rings (SSSR count). The van der Waals surface area contributed by atoms with Gasteiger partial charge in [-0.1, -0.05) is 26.8 Å². The van der Waals surface area contributed by atoms with Crippen molar-refractivity contribution in [3.05, 3.63) is 12.2 Å². The molecule has 0 radical (unpaired) electrons. The maximum Gasteiger partial charge on any atom is 0.330 e. The summed E-state index contributed by atoms with van der Waals surface area (Å²) in [5, 5.41) is 8.99. The Morgan fingerprint density at radius 2 is 2.20 bits per heavy atom. The van der Waals surface area contributed by atoms with Crippen molar-refractivity contribution in [2.75, 3.05) is 0 Å². The van der Waals surface area contributed by atoms with Gasteiger partial charge in [0.25, 0.3) is 0 Å². The van der Waals surface area contributed by atoms with E-state index in [0.29, 0.717) is 5.92 Å². The van der Waals surface area contributed by atoms with Gasteiger partial charge >= 0.3 is 5.97 Å². The molecule has 0 bridgehead atoms. The van der Waals surface area contributed by atoms with Gasteiger partial charge in [0.1, 0.15) is 6.10 Å². The van der Waals surface area contributed by atoms with Crippen LogP contribution in [0.2, 0.25) is 0 Å². The van der Waals surface area contributed by atoms with Crippen LogP contribution in [0.3, 0.4) is 0 Å². The molecule has 1 unspecified atom stereocenters. The number of ether oxygens (including phenoxy) is 1. The average Bonchev–Trinajstić information content (AvgIpc) is 2.38. The molecular formula is C17H25NO2. The summed E-state index contributed by atoms with van der Waals surface area (Å²) in [6.07, 6.45) is 7.57. The van der Waals surface area contributed by atoms with E-state index in [-0.39, 0.29) is 28.8 Å². The third-order valence-electron chi connectivity index (χ3n) is 5.38. The van der Waals surface area contributed by atoms with Crippen LogP contribution in [0.15, 0.2) is 12.2 Å². The SMILES string of the molecule is CC(C#N)CC[C@@H]1C(C)(C)CC[C@H]2OC(=O)C=C[C@@]12C. The van der Waals surface area contributed by atoms with Gasteiger partial charge in [0, 0.05) is 17.4 Å². The second kappa shape index (κ2) is 5.24. The van der Waals surface area contributed by atoms with Gasteiger partial charge in [0.2, 0.25) is 0 Å². The molecule has 0 saturated heterocycles. The fourth-order valence-electron chi connectivity index (χ4n) is 4.07. The largest absolute Gasteiger partial charge is 0.458 e. The van der Waals surface area contributed by atoms with Crippen molar-refractivity contribution >= 4 is 5.97 Å². The van der Waals surface area contributed by atoms with Crippen LogP contribution < -0.4 is 0 Å². The number of fused-ring (bicyclic) bond motifs is 1. The first-order chi connectivity index (χ1) is 9.29. The second-order valence-electron chi connectivity index (χ2n) is 7.31. The summed E-state index contributed by atoms with van der Waals surface area (Å²) in [5.74, 6) is 0.315. The number of hydrogen-bond acceptors (Lipinski definition) is 3. The Morgan fingerprint density at radius 1 is 1.50 bits per heavy atom. The molecule has 1 aliphatic carbocycles. The van der Waals surface area contributed by atoms with E-state index in [2.05, 4.69) is 32.9 Å². The van der Waals surface area contributed by atoms with Crippen molar-refractivity contribution in [3.8, 4) is 6.07 Å². The lowest BCUT2D eigenvalue weighted by atomic mass is 9.53. The Kier molecular flexibility index (Phi) is 3.95. The zero-order chi connectivity index (χ0) is 15.0. The number of carbonyl (C=O) groups is 1. The average molecular weight is 275 g/mol. The zero-order valence-corrected chi connectivity index (χ0v) is 13.0. The van der Waals surface area contributed by atoms with Crippen molar-refractivity contribution in [1.29, 1.82) is 5.26 Å². The van der Waals surface area contributed by atoms with E-state index < -0.39 is 0 Å². The minimum absolute atomic E-state index is 0.00424. The quantitative estimate of drug-likeness (QED) is 0.735. The molecule has 0 aromatic rings. The predicted molar refractivity (Wildman–Crippen MR) is 77.6 cm³/mol. The van der Waals surface area contributed by atoms with Crippen LogP contribution in [0.5, 0.6) is 0 Å². The minimum Gasteiger partial charge on any atom is -0.458 e. The summed E-state index contributed by atoms with van der Waals surface area (Å²) >= 11 is 0. The lowest BCUT2D eigenvalue weighted by Crippen LogP contribution is -2.52. The van der Waals surface area contributed by atoms with Crippen LogP contribution in [-0.2, 0) is 9.53 Å². The number of nitrogens with zero attached hydrogens (tertiary/aromatic N) is 1. The van der Waals surface area contributed by atoms with Gasteiger partial charge in [-0.2, -0.15) is 5.26 Å². The summed E-state index contributed by atoms with van der Waals surface area (Å²) < 4.78 is 5.56. The molecule has 1 fully saturated rings. The third kappa shape index (κ3) is 2.61. The Hall–Kier alpha value is -1.30. The molecule has 0 aromatic carbocycles. The Balaban J connectivity index is 2.25. The van der Waals surface area contributed by atoms with E-state index in [1.807, 2.05) is 6.92 Å². The Morgan fingerprint density at radius 3 is 2.85 bits per heavy atom. The van der Waals surface area contributed by atoms with Gasteiger partial charge in [0.15, 0.2) is 0 Å². The van der Waals surface area contributed by atoms with Crippen LogP contribution in [0.25, 0.3) is 0 Å². The fourth-order valence-corrected chi connectivity index (χ4v) is 4.07. The van der Waals surface area contributed by atoms with Crippen LogP contribution in [0.4, 0.5) is 0 Å². The first kappa shape index (κ1) is 15.1. The highest BCUT2D eigenvalue weighted by molar-refractivity contribution is 5.83. The fraction of sp³-hybridized carbons (Fsp3) is 0.765. The normalized spacial score (nSPS) is 36.6. The van der Waals surface area contributed by atoms with Crippen molar-refractivity contribution in [3.63, 3.8) is 0 Å². The van der Waals surface area contributed by atoms with Crippen molar-refractivity contribution < 1.29 is 9.53 Å². The van der Waals surface area contributed by atoms with Crippen LogP contribution in [0.1, 0.15) is 53.4 Å². The van der Waals surface area contributed by atoms with Gasteiger partial charge in [-0.25, -0.2) is 4.79 Å². The predicted octanol–water partition coefficient (Wildman–Crippen LogP) is 3.85. The van der Waals surface area contributed by atoms with E-state index in [1.165, 1.54) is 0 Å². The summed E-state index contributed by atoms with van der Waals surface area (Å²) in [6.45, 7) is 8.80. The number of rotatable bonds is 3. The minimum atomic E-state index is -0.212. The smallest absolute Gasteiger partial charge is 0.330 e. The van der Waals surface area contributed by atoms with Crippen LogP contribution >= 0.6 is 0 Å². The molecule has 110 valence electrons. The van der Waals surface area contributed by atoms with E-state index in [1.54, 1.807) is 6.08 Å². The van der Waals surface area contributed by atoms with Gasteiger partial charge in [-0.15, -0.1) is 0 Å². The lowest BCUT2D eigenvalue weighted by molar-refractivity contribution is -0.164. The topological polar surface area (TPSA) is 50.1 Å². The Bertz CT molecular complexity index is 460. The number of esters is 1. The lowest BCUT2D eigenvalue weighted by Gasteiger charge is -2.54. The highest BCUT2D eigenvalue weighted by atomic mass is 16.5. The van der Waals surface area contributed by atoms with E-state index in [0.717, 1.165) is 25.7 Å². The second-order valence-corrected chi connectivity index (χ2v) is 7.31. The van der Waals surface area contributed by atoms with Crippen molar-refractivity contribution in [2.24, 2.45) is 22.7 Å². The molecule has 0 spiro atoms. The van der Waals surface area contributed by atoms with Crippen LogP contribution in [-0.4, -0.2) is 12.1 Å². The van der Waals surface area contributed by atoms with Gasteiger partial charge in [-0.05, 0) is 43.9 Å². The molecule has 1 heterocycles. The van der Waals surface area contributed by atoms with Crippen molar-refractivity contribution in [1.82, 2.24) is 0 Å². The molecule has 3 heteroatoms. The molecule has 0 aromatic heterocycles. The number of carbonyl (C=O) groups excluding carboxylic acids is 1. The Labute approximate surface area is 122 Å². The van der Waals surface area contributed by atoms with Gasteiger partial charge in [-0.3, -0.25) is 0 Å². The molecule has 4 atom stereocenters. The number of nitriles is 1. The molecular weight excluding hydrogens is 250 g/mol. The maximum atomic E-state index is 11.5. The van der Waals surface area contributed by atoms with E-state index >= 15 is 0 Å². The van der Waals surface area contributed by atoms with Gasteiger partial charge in [0.05, 0.1) is 6.07 Å². The van der Waals surface area contributed by atoms with Crippen LogP contribution in [0, 0.1) is 34.0 Å². The summed E-state index contributed by atoms with van der Waals surface area (Å²) in [7, 11) is 0. The molecule has 20 heavy (non-hydrogen) atoms. The standard InChI is InChI=1S/C17H25NO2/c1-12(11-18)5-6-13-16(2,3)9-7-14-17(13,4)10-8-15(19)20-14/h8,10,12-14H,5-7,9H2,1-4H3/t12?,13-,14-,17+/m1/s1. The summed E-state index contributed by atoms with van der Waals surface area (Å²) in [6, 6.07) is 2.32. The molecule has 0 N–H and O–H groups in total. The monoisotopic (exact) mass is 275 g/mol. The summed E-state index contributed by atoms with van der Waals surface area (Å²) in [4.78, 5) is 11.5. The zero-order valence-electron chi connectivity index (χ0n) is 13.0. The van der Waals surface area contributed by atoms with E-state index in [4.69, 9.17) is 10.00 Å². The highest BCUT2D eigenvalue weighted by Crippen LogP contribution is 2.55. The number of hydrogen-bond donors (Lipinski definition) is 0. The molecule has 1 saturated carbocycles. The molecule has 2 aliphatic rings. The van der Waals surface area contributed by atoms with Crippen molar-refractivity contribution in [2.45, 2.75) is 59.5 Å². The molecule has 1 aliphatic heterocycles. The molecule has 3 nitrogen and oxygen atoms in total. The first-order valence-electron chi connectivity index (χ1n) is 7.59. The first-order valence-corrected chi connectivity index (χ1v) is 7.59.